The number of aliphatic hydroxyl groups excluding tert-OH is 1. The second-order valence-corrected chi connectivity index (χ2v) is 6.10. The van der Waals surface area contributed by atoms with Gasteiger partial charge in [-0.1, -0.05) is 19.3 Å². The zero-order valence-electron chi connectivity index (χ0n) is 11.4. The van der Waals surface area contributed by atoms with Gasteiger partial charge in [0.1, 0.15) is 0 Å². The second-order valence-electron chi connectivity index (χ2n) is 6.10. The lowest BCUT2D eigenvalue weighted by atomic mass is 9.74. The van der Waals surface area contributed by atoms with Crippen LogP contribution in [0.4, 0.5) is 0 Å². The summed E-state index contributed by atoms with van der Waals surface area (Å²) >= 11 is 0. The number of carbonyl (C=O) groups is 1. The molecule has 1 unspecified atom stereocenters. The van der Waals surface area contributed by atoms with E-state index in [4.69, 9.17) is 0 Å². The van der Waals surface area contributed by atoms with Crippen molar-refractivity contribution in [3.8, 4) is 0 Å². The van der Waals surface area contributed by atoms with E-state index in [-0.39, 0.29) is 24.0 Å². The second kappa shape index (κ2) is 6.02. The van der Waals surface area contributed by atoms with Crippen molar-refractivity contribution in [2.24, 2.45) is 5.41 Å². The summed E-state index contributed by atoms with van der Waals surface area (Å²) in [4.78, 5) is 11.8. The molecular weight excluding hydrogens is 228 g/mol. The van der Waals surface area contributed by atoms with Crippen molar-refractivity contribution in [1.82, 2.24) is 10.6 Å². The Labute approximate surface area is 110 Å². The van der Waals surface area contributed by atoms with E-state index in [1.54, 1.807) is 0 Å². The molecule has 2 aliphatic rings. The van der Waals surface area contributed by atoms with E-state index in [2.05, 4.69) is 10.6 Å². The molecule has 0 aromatic rings. The first-order valence-corrected chi connectivity index (χ1v) is 7.30. The van der Waals surface area contributed by atoms with Crippen LogP contribution in [0.1, 0.15) is 51.9 Å². The summed E-state index contributed by atoms with van der Waals surface area (Å²) in [6.45, 7) is 2.89. The average molecular weight is 254 g/mol. The van der Waals surface area contributed by atoms with Crippen LogP contribution in [0.15, 0.2) is 0 Å². The third-order valence-corrected chi connectivity index (χ3v) is 4.35. The first-order valence-electron chi connectivity index (χ1n) is 7.30. The summed E-state index contributed by atoms with van der Waals surface area (Å²) in [5.41, 5.74) is 0.00632. The zero-order chi connectivity index (χ0) is 13.0. The molecule has 18 heavy (non-hydrogen) atoms. The first kappa shape index (κ1) is 13.8. The molecular formula is C14H26N2O2. The lowest BCUT2D eigenvalue weighted by Crippen LogP contribution is -2.48. The van der Waals surface area contributed by atoms with Gasteiger partial charge in [-0.15, -0.1) is 0 Å². The molecule has 3 N–H and O–H groups in total. The van der Waals surface area contributed by atoms with E-state index < -0.39 is 0 Å². The lowest BCUT2D eigenvalue weighted by molar-refractivity contribution is -0.123. The van der Waals surface area contributed by atoms with Crippen LogP contribution in [0, 0.1) is 5.41 Å². The van der Waals surface area contributed by atoms with Crippen molar-refractivity contribution in [2.75, 3.05) is 13.2 Å². The van der Waals surface area contributed by atoms with Crippen molar-refractivity contribution < 1.29 is 9.90 Å². The van der Waals surface area contributed by atoms with Crippen molar-refractivity contribution in [2.45, 2.75) is 64.0 Å². The van der Waals surface area contributed by atoms with Crippen LogP contribution in [0.25, 0.3) is 0 Å². The molecule has 2 rings (SSSR count). The minimum atomic E-state index is -0.157. The lowest BCUT2D eigenvalue weighted by Gasteiger charge is -2.36. The third-order valence-electron chi connectivity index (χ3n) is 4.35. The molecule has 0 saturated heterocycles. The van der Waals surface area contributed by atoms with Crippen LogP contribution in [0.5, 0.6) is 0 Å². The fourth-order valence-corrected chi connectivity index (χ4v) is 2.71. The molecule has 0 aliphatic heterocycles. The minimum Gasteiger partial charge on any atom is -0.396 e. The van der Waals surface area contributed by atoms with Gasteiger partial charge in [0.2, 0.25) is 5.91 Å². The quantitative estimate of drug-likeness (QED) is 0.667. The Kier molecular flexibility index (Phi) is 4.62. The summed E-state index contributed by atoms with van der Waals surface area (Å²) in [7, 11) is 0. The average Bonchev–Trinajstić information content (AvgIpc) is 3.21. The van der Waals surface area contributed by atoms with Gasteiger partial charge in [-0.25, -0.2) is 0 Å². The van der Waals surface area contributed by atoms with Gasteiger partial charge in [0.25, 0.3) is 0 Å². The summed E-state index contributed by atoms with van der Waals surface area (Å²) in [6, 6.07) is 0.263. The molecule has 4 heteroatoms. The summed E-state index contributed by atoms with van der Waals surface area (Å²) in [5.74, 6) is 0.0985. The fraction of sp³-hybridized carbons (Fsp3) is 0.929. The first-order chi connectivity index (χ1) is 8.65. The number of hydrogen-bond donors (Lipinski definition) is 3. The van der Waals surface area contributed by atoms with E-state index in [1.807, 2.05) is 6.92 Å². The maximum Gasteiger partial charge on any atom is 0.237 e. The molecule has 2 saturated carbocycles. The molecule has 0 heterocycles. The van der Waals surface area contributed by atoms with Crippen molar-refractivity contribution in [1.29, 1.82) is 0 Å². The third kappa shape index (κ3) is 3.69. The Balaban J connectivity index is 1.75. The predicted molar refractivity (Wildman–Crippen MR) is 71.2 cm³/mol. The minimum absolute atomic E-state index is 0.00632. The van der Waals surface area contributed by atoms with E-state index in [0.717, 1.165) is 32.2 Å². The van der Waals surface area contributed by atoms with Gasteiger partial charge in [-0.05, 0) is 32.6 Å². The van der Waals surface area contributed by atoms with Gasteiger partial charge in [-0.3, -0.25) is 4.79 Å². The molecule has 0 spiro atoms. The van der Waals surface area contributed by atoms with Crippen molar-refractivity contribution >= 4 is 5.91 Å². The summed E-state index contributed by atoms with van der Waals surface area (Å²) in [6.07, 6.45) is 8.08. The summed E-state index contributed by atoms with van der Waals surface area (Å²) < 4.78 is 0. The highest BCUT2D eigenvalue weighted by Gasteiger charge is 2.32. The highest BCUT2D eigenvalue weighted by atomic mass is 16.3. The number of aliphatic hydroxyl groups is 1. The summed E-state index contributed by atoms with van der Waals surface area (Å²) in [5, 5.41) is 15.9. The molecule has 104 valence electrons. The van der Waals surface area contributed by atoms with Crippen LogP contribution in [0.3, 0.4) is 0 Å². The van der Waals surface area contributed by atoms with Gasteiger partial charge in [0, 0.05) is 24.6 Å². The monoisotopic (exact) mass is 254 g/mol. The number of rotatable bonds is 6. The maximum atomic E-state index is 11.8. The topological polar surface area (TPSA) is 61.4 Å². The van der Waals surface area contributed by atoms with Gasteiger partial charge in [-0.2, -0.15) is 0 Å². The highest BCUT2D eigenvalue weighted by molar-refractivity contribution is 5.81. The van der Waals surface area contributed by atoms with Crippen molar-refractivity contribution in [3.63, 3.8) is 0 Å². The zero-order valence-corrected chi connectivity index (χ0v) is 11.4. The maximum absolute atomic E-state index is 11.8. The molecule has 1 atom stereocenters. The normalized spacial score (nSPS) is 24.6. The van der Waals surface area contributed by atoms with E-state index in [9.17, 15) is 9.90 Å². The van der Waals surface area contributed by atoms with Crippen LogP contribution >= 0.6 is 0 Å². The largest absolute Gasteiger partial charge is 0.396 e. The Bertz CT molecular complexity index is 284. The molecule has 4 nitrogen and oxygen atoms in total. The molecule has 0 radical (unpaired) electrons. The van der Waals surface area contributed by atoms with Crippen LogP contribution in [-0.2, 0) is 4.79 Å². The Morgan fingerprint density at radius 1 is 1.33 bits per heavy atom. The van der Waals surface area contributed by atoms with Crippen LogP contribution in [-0.4, -0.2) is 36.2 Å². The number of carbonyl (C=O) groups excluding carboxylic acids is 1. The van der Waals surface area contributed by atoms with Gasteiger partial charge in [0.05, 0.1) is 6.04 Å². The SMILES string of the molecule is CC(NCC1(CO)CCCCC1)C(=O)NC1CC1. The standard InChI is InChI=1S/C14H26N2O2/c1-11(13(18)16-12-5-6-12)15-9-14(10-17)7-3-2-4-8-14/h11-12,15,17H,2-10H2,1H3,(H,16,18). The molecule has 0 aromatic carbocycles. The Morgan fingerprint density at radius 2 is 2.00 bits per heavy atom. The highest BCUT2D eigenvalue weighted by Crippen LogP contribution is 2.35. The van der Waals surface area contributed by atoms with E-state index in [0.29, 0.717) is 6.04 Å². The molecule has 0 aromatic heterocycles. The van der Waals surface area contributed by atoms with Gasteiger partial charge >= 0.3 is 0 Å². The number of amides is 1. The Hall–Kier alpha value is -0.610. The Morgan fingerprint density at radius 3 is 2.56 bits per heavy atom. The molecule has 2 aliphatic carbocycles. The molecule has 1 amide bonds. The van der Waals surface area contributed by atoms with E-state index in [1.165, 1.54) is 19.3 Å². The van der Waals surface area contributed by atoms with Gasteiger partial charge in [0.15, 0.2) is 0 Å². The van der Waals surface area contributed by atoms with E-state index >= 15 is 0 Å². The van der Waals surface area contributed by atoms with Crippen LogP contribution < -0.4 is 10.6 Å². The molecule has 2 fully saturated rings. The number of nitrogens with one attached hydrogen (secondary N) is 2. The van der Waals surface area contributed by atoms with Crippen LogP contribution in [0.2, 0.25) is 0 Å². The number of hydrogen-bond acceptors (Lipinski definition) is 3. The smallest absolute Gasteiger partial charge is 0.237 e. The van der Waals surface area contributed by atoms with Crippen molar-refractivity contribution in [3.05, 3.63) is 0 Å². The predicted octanol–water partition coefficient (Wildman–Crippen LogP) is 1.19. The fourth-order valence-electron chi connectivity index (χ4n) is 2.71. The van der Waals surface area contributed by atoms with Gasteiger partial charge < -0.3 is 15.7 Å². The molecule has 0 bridgehead atoms.